The van der Waals surface area contributed by atoms with Gasteiger partial charge in [-0.2, -0.15) is 11.3 Å². The fourth-order valence-electron chi connectivity index (χ4n) is 2.24. The van der Waals surface area contributed by atoms with Crippen LogP contribution in [0.15, 0.2) is 16.8 Å². The van der Waals surface area contributed by atoms with E-state index in [2.05, 4.69) is 42.9 Å². The summed E-state index contributed by atoms with van der Waals surface area (Å²) in [7, 11) is 0. The van der Waals surface area contributed by atoms with E-state index in [1.165, 1.54) is 12.0 Å². The van der Waals surface area contributed by atoms with E-state index in [0.717, 1.165) is 12.5 Å². The van der Waals surface area contributed by atoms with Crippen LogP contribution in [0.25, 0.3) is 0 Å². The number of nitrogens with one attached hydrogen (secondary N) is 1. The van der Waals surface area contributed by atoms with Gasteiger partial charge in [0, 0.05) is 6.04 Å². The molecule has 0 aliphatic heterocycles. The normalized spacial score (nSPS) is 26.1. The zero-order chi connectivity index (χ0) is 10.2. The van der Waals surface area contributed by atoms with Crippen LogP contribution in [0, 0.1) is 11.3 Å². The molecule has 2 atom stereocenters. The molecule has 78 valence electrons. The monoisotopic (exact) mass is 209 g/mol. The molecule has 1 saturated carbocycles. The number of hydrogen-bond donors (Lipinski definition) is 1. The maximum atomic E-state index is 3.61. The van der Waals surface area contributed by atoms with Crippen molar-refractivity contribution < 1.29 is 0 Å². The fraction of sp³-hybridized carbons (Fsp3) is 0.667. The Morgan fingerprint density at radius 2 is 2.36 bits per heavy atom. The molecule has 0 amide bonds. The van der Waals surface area contributed by atoms with Crippen molar-refractivity contribution in [2.45, 2.75) is 33.2 Å². The lowest BCUT2D eigenvalue weighted by atomic mass is 9.99. The molecule has 14 heavy (non-hydrogen) atoms. The predicted molar refractivity (Wildman–Crippen MR) is 62.6 cm³/mol. The van der Waals surface area contributed by atoms with Crippen molar-refractivity contribution in [1.82, 2.24) is 5.32 Å². The third-order valence-corrected chi connectivity index (χ3v) is 4.02. The van der Waals surface area contributed by atoms with Crippen LogP contribution in [0.1, 0.15) is 38.8 Å². The summed E-state index contributed by atoms with van der Waals surface area (Å²) in [5, 5.41) is 8.06. The van der Waals surface area contributed by atoms with Crippen LogP contribution in [0.4, 0.5) is 0 Å². The van der Waals surface area contributed by atoms with Crippen molar-refractivity contribution in [3.63, 3.8) is 0 Å². The largest absolute Gasteiger partial charge is 0.310 e. The summed E-state index contributed by atoms with van der Waals surface area (Å²) in [6.07, 6.45) is 1.36. The van der Waals surface area contributed by atoms with Crippen LogP contribution in [0.2, 0.25) is 0 Å². The van der Waals surface area contributed by atoms with E-state index in [1.54, 1.807) is 11.3 Å². The van der Waals surface area contributed by atoms with Crippen molar-refractivity contribution in [3.8, 4) is 0 Å². The first-order chi connectivity index (χ1) is 6.65. The third-order valence-electron chi connectivity index (χ3n) is 3.32. The summed E-state index contributed by atoms with van der Waals surface area (Å²) in [4.78, 5) is 0. The van der Waals surface area contributed by atoms with Gasteiger partial charge >= 0.3 is 0 Å². The predicted octanol–water partition coefficient (Wildman–Crippen LogP) is 3.44. The number of hydrogen-bond acceptors (Lipinski definition) is 2. The van der Waals surface area contributed by atoms with Gasteiger partial charge in [0.2, 0.25) is 0 Å². The van der Waals surface area contributed by atoms with Gasteiger partial charge in [-0.25, -0.2) is 0 Å². The first-order valence-corrected chi connectivity index (χ1v) is 6.35. The summed E-state index contributed by atoms with van der Waals surface area (Å²) in [5.41, 5.74) is 2.03. The van der Waals surface area contributed by atoms with Gasteiger partial charge in [-0.05, 0) is 46.7 Å². The highest BCUT2D eigenvalue weighted by Crippen LogP contribution is 2.57. The molecule has 1 nitrogen and oxygen atoms in total. The topological polar surface area (TPSA) is 12.0 Å². The zero-order valence-electron chi connectivity index (χ0n) is 9.21. The molecular weight excluding hydrogens is 190 g/mol. The van der Waals surface area contributed by atoms with E-state index >= 15 is 0 Å². The molecule has 0 radical (unpaired) electrons. The maximum absolute atomic E-state index is 3.61. The minimum atomic E-state index is 0.550. The summed E-state index contributed by atoms with van der Waals surface area (Å²) >= 11 is 1.80. The zero-order valence-corrected chi connectivity index (χ0v) is 10.0. The molecule has 1 aliphatic carbocycles. The lowest BCUT2D eigenvalue weighted by molar-refractivity contribution is 0.424. The Kier molecular flexibility index (Phi) is 2.67. The van der Waals surface area contributed by atoms with Crippen LogP contribution in [0.5, 0.6) is 0 Å². The Bertz CT molecular complexity index is 289. The van der Waals surface area contributed by atoms with Gasteiger partial charge in [0.1, 0.15) is 0 Å². The minimum absolute atomic E-state index is 0.550. The second-order valence-electron chi connectivity index (χ2n) is 4.89. The van der Waals surface area contributed by atoms with Crippen LogP contribution in [-0.4, -0.2) is 6.54 Å². The van der Waals surface area contributed by atoms with Crippen molar-refractivity contribution in [2.24, 2.45) is 11.3 Å². The first-order valence-electron chi connectivity index (χ1n) is 5.40. The highest BCUT2D eigenvalue weighted by molar-refractivity contribution is 7.07. The summed E-state index contributed by atoms with van der Waals surface area (Å²) in [5.74, 6) is 0.831. The van der Waals surface area contributed by atoms with Gasteiger partial charge in [-0.15, -0.1) is 0 Å². The second-order valence-corrected chi connectivity index (χ2v) is 5.67. The Hall–Kier alpha value is -0.340. The van der Waals surface area contributed by atoms with Gasteiger partial charge in [-0.1, -0.05) is 20.8 Å². The van der Waals surface area contributed by atoms with Crippen LogP contribution >= 0.6 is 11.3 Å². The lowest BCUT2D eigenvalue weighted by Gasteiger charge is -2.18. The molecule has 1 aromatic heterocycles. The van der Waals surface area contributed by atoms with E-state index in [4.69, 9.17) is 0 Å². The Balaban J connectivity index is 2.10. The number of rotatable bonds is 4. The Morgan fingerprint density at radius 1 is 1.64 bits per heavy atom. The molecule has 1 fully saturated rings. The average Bonchev–Trinajstić information content (AvgIpc) is 2.61. The average molecular weight is 209 g/mol. The first kappa shape index (κ1) is 10.2. The quantitative estimate of drug-likeness (QED) is 0.801. The van der Waals surface area contributed by atoms with E-state index in [9.17, 15) is 0 Å². The molecule has 2 unspecified atom stereocenters. The van der Waals surface area contributed by atoms with Gasteiger partial charge < -0.3 is 5.32 Å². The maximum Gasteiger partial charge on any atom is 0.0362 e. The summed E-state index contributed by atoms with van der Waals surface area (Å²) < 4.78 is 0. The third kappa shape index (κ3) is 1.86. The molecule has 1 aromatic rings. The van der Waals surface area contributed by atoms with Crippen molar-refractivity contribution >= 4 is 11.3 Å². The van der Waals surface area contributed by atoms with Gasteiger partial charge in [0.25, 0.3) is 0 Å². The lowest BCUT2D eigenvalue weighted by Crippen LogP contribution is -2.23. The van der Waals surface area contributed by atoms with Crippen molar-refractivity contribution in [2.75, 3.05) is 6.54 Å². The molecule has 1 heterocycles. The van der Waals surface area contributed by atoms with Crippen molar-refractivity contribution in [3.05, 3.63) is 22.4 Å². The van der Waals surface area contributed by atoms with E-state index < -0.39 is 0 Å². The molecule has 1 aliphatic rings. The van der Waals surface area contributed by atoms with Crippen LogP contribution in [0.3, 0.4) is 0 Å². The Labute approximate surface area is 90.5 Å². The molecule has 0 bridgehead atoms. The van der Waals surface area contributed by atoms with Gasteiger partial charge in [-0.3, -0.25) is 0 Å². The summed E-state index contributed by atoms with van der Waals surface area (Å²) in [6, 6.07) is 2.84. The van der Waals surface area contributed by atoms with Crippen molar-refractivity contribution in [1.29, 1.82) is 0 Å². The van der Waals surface area contributed by atoms with Gasteiger partial charge in [0.05, 0.1) is 0 Å². The standard InChI is InChI=1S/C12H19NS/c1-4-13-11(9-5-6-14-8-9)10-7-12(10,2)3/h5-6,8,10-11,13H,4,7H2,1-3H3. The summed E-state index contributed by atoms with van der Waals surface area (Å²) in [6.45, 7) is 7.99. The van der Waals surface area contributed by atoms with Gasteiger partial charge in [0.15, 0.2) is 0 Å². The van der Waals surface area contributed by atoms with E-state index in [1.807, 2.05) is 0 Å². The molecule has 0 saturated heterocycles. The number of thiophene rings is 1. The van der Waals surface area contributed by atoms with E-state index in [0.29, 0.717) is 11.5 Å². The highest BCUT2D eigenvalue weighted by Gasteiger charge is 2.50. The Morgan fingerprint density at radius 3 is 2.79 bits per heavy atom. The highest BCUT2D eigenvalue weighted by atomic mass is 32.1. The molecular formula is C12H19NS. The molecule has 0 aromatic carbocycles. The van der Waals surface area contributed by atoms with Crippen LogP contribution < -0.4 is 5.32 Å². The smallest absolute Gasteiger partial charge is 0.0362 e. The molecule has 2 rings (SSSR count). The molecule has 0 spiro atoms. The molecule has 1 N–H and O–H groups in total. The fourth-order valence-corrected chi connectivity index (χ4v) is 2.94. The SMILES string of the molecule is CCNC(c1ccsc1)C1CC1(C)C. The van der Waals surface area contributed by atoms with E-state index in [-0.39, 0.29) is 0 Å². The van der Waals surface area contributed by atoms with Crippen LogP contribution in [-0.2, 0) is 0 Å². The second kappa shape index (κ2) is 3.67. The minimum Gasteiger partial charge on any atom is -0.310 e. The molecule has 2 heteroatoms.